The molecule has 0 radical (unpaired) electrons. The van der Waals surface area contributed by atoms with E-state index in [2.05, 4.69) is 21.0 Å². The molecule has 0 saturated carbocycles. The highest BCUT2D eigenvalue weighted by atomic mass is 16.5. The molecule has 0 aliphatic heterocycles. The number of hydrogen-bond donors (Lipinski definition) is 1. The molecule has 5 heteroatoms. The SMILES string of the molecule is COc1cc(C)cc(C)c1-c1nc(C)nc(CCN)n1. The predicted octanol–water partition coefficient (Wildman–Crippen LogP) is 1.97. The van der Waals surface area contributed by atoms with Crippen LogP contribution in [0.4, 0.5) is 0 Å². The van der Waals surface area contributed by atoms with Crippen LogP contribution in [0.2, 0.25) is 0 Å². The van der Waals surface area contributed by atoms with Crippen LogP contribution in [-0.2, 0) is 6.42 Å². The molecule has 0 aliphatic carbocycles. The van der Waals surface area contributed by atoms with Gasteiger partial charge in [0.05, 0.1) is 12.7 Å². The molecular formula is C15H20N4O. The summed E-state index contributed by atoms with van der Waals surface area (Å²) in [5.41, 5.74) is 8.74. The van der Waals surface area contributed by atoms with Gasteiger partial charge in [-0.25, -0.2) is 15.0 Å². The lowest BCUT2D eigenvalue weighted by atomic mass is 10.0. The summed E-state index contributed by atoms with van der Waals surface area (Å²) < 4.78 is 5.48. The highest BCUT2D eigenvalue weighted by molar-refractivity contribution is 5.69. The van der Waals surface area contributed by atoms with Crippen molar-refractivity contribution in [2.45, 2.75) is 27.2 Å². The zero-order chi connectivity index (χ0) is 14.7. The smallest absolute Gasteiger partial charge is 0.167 e. The molecule has 0 saturated heterocycles. The summed E-state index contributed by atoms with van der Waals surface area (Å²) >= 11 is 0. The standard InChI is InChI=1S/C15H20N4O/c1-9-7-10(2)14(12(8-9)20-4)15-18-11(3)17-13(19-15)5-6-16/h7-8H,5-6,16H2,1-4H3. The van der Waals surface area contributed by atoms with Gasteiger partial charge in [0.25, 0.3) is 0 Å². The van der Waals surface area contributed by atoms with Crippen LogP contribution < -0.4 is 10.5 Å². The van der Waals surface area contributed by atoms with Gasteiger partial charge in [0, 0.05) is 6.42 Å². The number of nitrogens with zero attached hydrogens (tertiary/aromatic N) is 3. The summed E-state index contributed by atoms with van der Waals surface area (Å²) in [7, 11) is 1.66. The average molecular weight is 272 g/mol. The summed E-state index contributed by atoms with van der Waals surface area (Å²) in [4.78, 5) is 13.3. The lowest BCUT2D eigenvalue weighted by molar-refractivity contribution is 0.415. The number of nitrogens with two attached hydrogens (primary N) is 1. The number of methoxy groups -OCH3 is 1. The zero-order valence-electron chi connectivity index (χ0n) is 12.4. The fourth-order valence-corrected chi connectivity index (χ4v) is 2.27. The van der Waals surface area contributed by atoms with Gasteiger partial charge in [0.2, 0.25) is 0 Å². The van der Waals surface area contributed by atoms with Crippen molar-refractivity contribution in [1.29, 1.82) is 0 Å². The van der Waals surface area contributed by atoms with Crippen LogP contribution in [0.3, 0.4) is 0 Å². The van der Waals surface area contributed by atoms with Crippen molar-refractivity contribution in [3.05, 3.63) is 34.9 Å². The third kappa shape index (κ3) is 2.93. The lowest BCUT2D eigenvalue weighted by Crippen LogP contribution is -2.10. The minimum absolute atomic E-state index is 0.521. The molecule has 1 aromatic heterocycles. The van der Waals surface area contributed by atoms with Crippen LogP contribution >= 0.6 is 0 Å². The fourth-order valence-electron chi connectivity index (χ4n) is 2.27. The molecule has 5 nitrogen and oxygen atoms in total. The first-order valence-corrected chi connectivity index (χ1v) is 6.62. The Morgan fingerprint density at radius 1 is 1.10 bits per heavy atom. The number of aryl methyl sites for hydroxylation is 3. The number of benzene rings is 1. The Kier molecular flexibility index (Phi) is 4.29. The summed E-state index contributed by atoms with van der Waals surface area (Å²) in [5.74, 6) is 2.85. The van der Waals surface area contributed by atoms with Crippen LogP contribution in [0.25, 0.3) is 11.4 Å². The van der Waals surface area contributed by atoms with Gasteiger partial charge < -0.3 is 10.5 Å². The highest BCUT2D eigenvalue weighted by Gasteiger charge is 2.14. The van der Waals surface area contributed by atoms with Crippen LogP contribution in [0.15, 0.2) is 12.1 Å². The molecule has 0 atom stereocenters. The molecule has 0 spiro atoms. The molecule has 1 heterocycles. The Labute approximate surface area is 119 Å². The largest absolute Gasteiger partial charge is 0.496 e. The van der Waals surface area contributed by atoms with Gasteiger partial charge in [-0.2, -0.15) is 0 Å². The molecule has 2 N–H and O–H groups in total. The maximum atomic E-state index is 5.58. The second kappa shape index (κ2) is 5.96. The van der Waals surface area contributed by atoms with Gasteiger partial charge in [-0.3, -0.25) is 0 Å². The van der Waals surface area contributed by atoms with Crippen molar-refractivity contribution in [2.75, 3.05) is 13.7 Å². The first-order valence-electron chi connectivity index (χ1n) is 6.62. The Bertz CT molecular complexity index is 626. The number of aromatic nitrogens is 3. The van der Waals surface area contributed by atoms with E-state index in [0.717, 1.165) is 28.3 Å². The van der Waals surface area contributed by atoms with Crippen LogP contribution in [0, 0.1) is 20.8 Å². The molecule has 0 fully saturated rings. The number of hydrogen-bond acceptors (Lipinski definition) is 5. The minimum Gasteiger partial charge on any atom is -0.496 e. The molecule has 2 aromatic rings. The summed E-state index contributed by atoms with van der Waals surface area (Å²) in [5, 5.41) is 0. The third-order valence-corrected chi connectivity index (χ3v) is 3.05. The van der Waals surface area contributed by atoms with Crippen molar-refractivity contribution < 1.29 is 4.74 Å². The quantitative estimate of drug-likeness (QED) is 0.921. The summed E-state index contributed by atoms with van der Waals surface area (Å²) in [6, 6.07) is 4.09. The van der Waals surface area contributed by atoms with Crippen molar-refractivity contribution in [3.8, 4) is 17.1 Å². The monoisotopic (exact) mass is 272 g/mol. The Morgan fingerprint density at radius 2 is 1.85 bits per heavy atom. The van der Waals surface area contributed by atoms with E-state index in [4.69, 9.17) is 10.5 Å². The maximum Gasteiger partial charge on any atom is 0.167 e. The Balaban J connectivity index is 2.61. The zero-order valence-corrected chi connectivity index (χ0v) is 12.4. The van der Waals surface area contributed by atoms with E-state index in [0.29, 0.717) is 24.6 Å². The molecule has 0 bridgehead atoms. The Hall–Kier alpha value is -2.01. The molecule has 0 unspecified atom stereocenters. The van der Waals surface area contributed by atoms with Crippen LogP contribution in [-0.4, -0.2) is 28.6 Å². The minimum atomic E-state index is 0.521. The first-order chi connectivity index (χ1) is 9.55. The lowest BCUT2D eigenvalue weighted by Gasteiger charge is -2.13. The second-order valence-electron chi connectivity index (χ2n) is 4.82. The molecule has 2 rings (SSSR count). The van der Waals surface area contributed by atoms with E-state index in [1.807, 2.05) is 26.8 Å². The van der Waals surface area contributed by atoms with Crippen LogP contribution in [0.5, 0.6) is 5.75 Å². The van der Waals surface area contributed by atoms with E-state index in [1.165, 1.54) is 0 Å². The van der Waals surface area contributed by atoms with Gasteiger partial charge >= 0.3 is 0 Å². The third-order valence-electron chi connectivity index (χ3n) is 3.05. The molecular weight excluding hydrogens is 252 g/mol. The summed E-state index contributed by atoms with van der Waals surface area (Å²) in [6.45, 7) is 6.46. The van der Waals surface area contributed by atoms with Crippen LogP contribution in [0.1, 0.15) is 22.8 Å². The average Bonchev–Trinajstić information content (AvgIpc) is 2.37. The molecule has 20 heavy (non-hydrogen) atoms. The van der Waals surface area contributed by atoms with Gasteiger partial charge in [-0.1, -0.05) is 6.07 Å². The topological polar surface area (TPSA) is 73.9 Å². The maximum absolute atomic E-state index is 5.58. The molecule has 106 valence electrons. The van der Waals surface area contributed by atoms with Gasteiger partial charge in [-0.15, -0.1) is 0 Å². The summed E-state index contributed by atoms with van der Waals surface area (Å²) in [6.07, 6.45) is 0.642. The van der Waals surface area contributed by atoms with E-state index in [9.17, 15) is 0 Å². The van der Waals surface area contributed by atoms with Crippen molar-refractivity contribution >= 4 is 0 Å². The van der Waals surface area contributed by atoms with E-state index in [1.54, 1.807) is 7.11 Å². The first kappa shape index (κ1) is 14.4. The van der Waals surface area contributed by atoms with Crippen molar-refractivity contribution in [1.82, 2.24) is 15.0 Å². The van der Waals surface area contributed by atoms with E-state index in [-0.39, 0.29) is 0 Å². The van der Waals surface area contributed by atoms with Gasteiger partial charge in [0.1, 0.15) is 17.4 Å². The highest BCUT2D eigenvalue weighted by Crippen LogP contribution is 2.32. The van der Waals surface area contributed by atoms with Crippen molar-refractivity contribution in [3.63, 3.8) is 0 Å². The van der Waals surface area contributed by atoms with Crippen molar-refractivity contribution in [2.24, 2.45) is 5.73 Å². The normalized spacial score (nSPS) is 10.7. The Morgan fingerprint density at radius 3 is 2.50 bits per heavy atom. The number of ether oxygens (including phenoxy) is 1. The fraction of sp³-hybridized carbons (Fsp3) is 0.400. The molecule has 0 amide bonds. The van der Waals surface area contributed by atoms with E-state index < -0.39 is 0 Å². The molecule has 1 aromatic carbocycles. The van der Waals surface area contributed by atoms with E-state index >= 15 is 0 Å². The number of rotatable bonds is 4. The van der Waals surface area contributed by atoms with Gasteiger partial charge in [0.15, 0.2) is 5.82 Å². The second-order valence-corrected chi connectivity index (χ2v) is 4.82. The van der Waals surface area contributed by atoms with Gasteiger partial charge in [-0.05, 0) is 44.5 Å². The molecule has 0 aliphatic rings. The predicted molar refractivity (Wildman–Crippen MR) is 78.8 cm³/mol.